The highest BCUT2D eigenvalue weighted by molar-refractivity contribution is 7.89. The van der Waals surface area contributed by atoms with Crippen LogP contribution in [0.1, 0.15) is 11.1 Å². The van der Waals surface area contributed by atoms with Gasteiger partial charge in [-0.1, -0.05) is 12.1 Å². The molecule has 0 saturated carbocycles. The summed E-state index contributed by atoms with van der Waals surface area (Å²) in [6.45, 7) is 2.92. The zero-order valence-corrected chi connectivity index (χ0v) is 16.8. The molecule has 7 nitrogen and oxygen atoms in total. The van der Waals surface area contributed by atoms with E-state index >= 15 is 0 Å². The number of sulfonamides is 1. The predicted molar refractivity (Wildman–Crippen MR) is 109 cm³/mol. The van der Waals surface area contributed by atoms with Crippen molar-refractivity contribution in [3.63, 3.8) is 0 Å². The quantitative estimate of drug-likeness (QED) is 0.605. The summed E-state index contributed by atoms with van der Waals surface area (Å²) in [6.07, 6.45) is 1.13. The molecule has 4 N–H and O–H groups in total. The number of fused-ring (bicyclic) bond motifs is 1. The number of aromatic amines is 1. The van der Waals surface area contributed by atoms with Crippen molar-refractivity contribution >= 4 is 26.7 Å². The van der Waals surface area contributed by atoms with Crippen LogP contribution < -0.4 is 5.73 Å². The van der Waals surface area contributed by atoms with Crippen LogP contribution in [0.15, 0.2) is 47.1 Å². The summed E-state index contributed by atoms with van der Waals surface area (Å²) in [6, 6.07) is 7.74. The number of aromatic nitrogens is 2. The van der Waals surface area contributed by atoms with Gasteiger partial charge in [-0.2, -0.15) is 9.40 Å². The second kappa shape index (κ2) is 6.94. The Labute approximate surface area is 167 Å². The number of rotatable bonds is 4. The summed E-state index contributed by atoms with van der Waals surface area (Å²) in [5, 5.41) is 17.2. The molecule has 9 heteroatoms. The van der Waals surface area contributed by atoms with Gasteiger partial charge in [0, 0.05) is 5.39 Å². The minimum Gasteiger partial charge on any atom is -0.394 e. The number of nitrogens with two attached hydrogens (primary N) is 1. The molecule has 0 aliphatic carbocycles. The SMILES string of the molecule is Cc1cc(S(=O)(=O)N2CC(F)=C[C@H]2CO)ccc1-c1ccc2[nH]nc(N)c2c1C. The molecule has 1 atom stereocenters. The molecule has 2 aromatic carbocycles. The second-order valence-corrected chi connectivity index (χ2v) is 9.05. The number of aryl methyl sites for hydroxylation is 2. The molecule has 4 rings (SSSR count). The number of H-pyrrole nitrogens is 1. The van der Waals surface area contributed by atoms with E-state index in [0.717, 1.165) is 43.5 Å². The van der Waals surface area contributed by atoms with E-state index in [1.165, 1.54) is 6.07 Å². The number of nitrogens with one attached hydrogen (secondary N) is 1. The van der Waals surface area contributed by atoms with Crippen molar-refractivity contribution in [2.75, 3.05) is 18.9 Å². The Morgan fingerprint density at radius 3 is 2.69 bits per heavy atom. The number of aliphatic hydroxyl groups is 1. The molecule has 0 fully saturated rings. The third kappa shape index (κ3) is 3.11. The van der Waals surface area contributed by atoms with Crippen molar-refractivity contribution in [3.8, 4) is 11.1 Å². The van der Waals surface area contributed by atoms with E-state index < -0.39 is 28.5 Å². The molecule has 0 amide bonds. The summed E-state index contributed by atoms with van der Waals surface area (Å²) in [7, 11) is -3.95. The van der Waals surface area contributed by atoms with Crippen LogP contribution in [-0.4, -0.2) is 47.2 Å². The molecule has 2 heterocycles. The van der Waals surface area contributed by atoms with Crippen LogP contribution in [0.25, 0.3) is 22.0 Å². The number of nitrogens with zero attached hydrogens (tertiary/aromatic N) is 2. The Balaban J connectivity index is 1.76. The molecule has 1 aliphatic rings. The van der Waals surface area contributed by atoms with E-state index in [9.17, 15) is 17.9 Å². The van der Waals surface area contributed by atoms with E-state index in [-0.39, 0.29) is 11.4 Å². The zero-order chi connectivity index (χ0) is 20.9. The molecule has 152 valence electrons. The van der Waals surface area contributed by atoms with Gasteiger partial charge in [0.2, 0.25) is 10.0 Å². The highest BCUT2D eigenvalue weighted by atomic mass is 32.2. The Morgan fingerprint density at radius 2 is 2.00 bits per heavy atom. The van der Waals surface area contributed by atoms with Gasteiger partial charge < -0.3 is 10.8 Å². The first kappa shape index (κ1) is 19.6. The Bertz CT molecular complexity index is 1250. The maximum atomic E-state index is 13.6. The number of nitrogen functional groups attached to an aromatic ring is 1. The molecule has 3 aromatic rings. The van der Waals surface area contributed by atoms with Crippen molar-refractivity contribution in [2.24, 2.45) is 0 Å². The van der Waals surface area contributed by atoms with Gasteiger partial charge in [-0.05, 0) is 60.4 Å². The average molecular weight is 416 g/mol. The standard InChI is InChI=1S/C20H21FN4O3S/c1-11-7-15(29(27,28)25-9-13(21)8-14(25)10-26)3-4-16(11)17-5-6-18-19(12(17)2)20(22)24-23-18/h3-8,14,26H,9-10H2,1-2H3,(H3,22,23,24)/t14-/m0/s1. The molecule has 1 aliphatic heterocycles. The number of hydrogen-bond donors (Lipinski definition) is 3. The first-order valence-corrected chi connectivity index (χ1v) is 10.5. The first-order valence-electron chi connectivity index (χ1n) is 9.07. The molecule has 0 saturated heterocycles. The Kier molecular flexibility index (Phi) is 4.68. The van der Waals surface area contributed by atoms with Crippen LogP contribution in [0.2, 0.25) is 0 Å². The van der Waals surface area contributed by atoms with Crippen LogP contribution in [0.5, 0.6) is 0 Å². The fourth-order valence-electron chi connectivity index (χ4n) is 3.85. The van der Waals surface area contributed by atoms with Crippen molar-refractivity contribution in [1.29, 1.82) is 0 Å². The number of anilines is 1. The normalized spacial score (nSPS) is 17.8. The summed E-state index contributed by atoms with van der Waals surface area (Å²) in [5.41, 5.74) is 10.3. The lowest BCUT2D eigenvalue weighted by atomic mass is 9.94. The van der Waals surface area contributed by atoms with Crippen LogP contribution in [0.3, 0.4) is 0 Å². The number of halogens is 1. The van der Waals surface area contributed by atoms with Gasteiger partial charge in [-0.15, -0.1) is 0 Å². The van der Waals surface area contributed by atoms with Crippen LogP contribution in [-0.2, 0) is 10.0 Å². The van der Waals surface area contributed by atoms with E-state index in [0.29, 0.717) is 5.82 Å². The summed E-state index contributed by atoms with van der Waals surface area (Å²) in [4.78, 5) is 0.0573. The van der Waals surface area contributed by atoms with Crippen molar-refractivity contribution in [1.82, 2.24) is 14.5 Å². The maximum Gasteiger partial charge on any atom is 0.244 e. The van der Waals surface area contributed by atoms with Gasteiger partial charge in [-0.3, -0.25) is 5.10 Å². The van der Waals surface area contributed by atoms with Crippen LogP contribution in [0.4, 0.5) is 10.2 Å². The van der Waals surface area contributed by atoms with Gasteiger partial charge in [0.05, 0.1) is 29.6 Å². The zero-order valence-electron chi connectivity index (χ0n) is 16.0. The van der Waals surface area contributed by atoms with Gasteiger partial charge in [-0.25, -0.2) is 12.8 Å². The smallest absolute Gasteiger partial charge is 0.244 e. The van der Waals surface area contributed by atoms with Crippen LogP contribution >= 0.6 is 0 Å². The fraction of sp³-hybridized carbons (Fsp3) is 0.250. The Hall–Kier alpha value is -2.75. The summed E-state index contributed by atoms with van der Waals surface area (Å²) in [5.74, 6) is -0.155. The fourth-order valence-corrected chi connectivity index (χ4v) is 5.47. The lowest BCUT2D eigenvalue weighted by Crippen LogP contribution is -2.38. The van der Waals surface area contributed by atoms with Crippen LogP contribution in [0, 0.1) is 13.8 Å². The minimum absolute atomic E-state index is 0.0573. The topological polar surface area (TPSA) is 112 Å². The predicted octanol–water partition coefficient (Wildman–Crippen LogP) is 2.65. The maximum absolute atomic E-state index is 13.6. The van der Waals surface area contributed by atoms with E-state index in [4.69, 9.17) is 5.73 Å². The second-order valence-electron chi connectivity index (χ2n) is 7.16. The largest absolute Gasteiger partial charge is 0.394 e. The monoisotopic (exact) mass is 416 g/mol. The third-order valence-electron chi connectivity index (χ3n) is 5.35. The molecular weight excluding hydrogens is 395 g/mol. The third-order valence-corrected chi connectivity index (χ3v) is 7.22. The molecule has 0 spiro atoms. The van der Waals surface area contributed by atoms with Gasteiger partial charge in [0.15, 0.2) is 5.82 Å². The van der Waals surface area contributed by atoms with E-state index in [2.05, 4.69) is 10.2 Å². The molecule has 0 radical (unpaired) electrons. The van der Waals surface area contributed by atoms with Gasteiger partial charge >= 0.3 is 0 Å². The van der Waals surface area contributed by atoms with E-state index in [1.807, 2.05) is 26.0 Å². The average Bonchev–Trinajstić information content (AvgIpc) is 3.26. The molecular formula is C20H21FN4O3S. The Morgan fingerprint density at radius 1 is 1.28 bits per heavy atom. The molecule has 0 bridgehead atoms. The lowest BCUT2D eigenvalue weighted by molar-refractivity contribution is 0.229. The van der Waals surface area contributed by atoms with Gasteiger partial charge in [0.25, 0.3) is 0 Å². The number of hydrogen-bond acceptors (Lipinski definition) is 5. The molecule has 0 unspecified atom stereocenters. The number of aliphatic hydroxyl groups excluding tert-OH is 1. The summed E-state index contributed by atoms with van der Waals surface area (Å²) < 4.78 is 40.6. The molecule has 29 heavy (non-hydrogen) atoms. The minimum atomic E-state index is -3.95. The van der Waals surface area contributed by atoms with Crippen molar-refractivity contribution in [3.05, 3.63) is 53.4 Å². The molecule has 1 aromatic heterocycles. The first-order chi connectivity index (χ1) is 13.7. The highest BCUT2D eigenvalue weighted by Crippen LogP contribution is 2.35. The summed E-state index contributed by atoms with van der Waals surface area (Å²) >= 11 is 0. The lowest BCUT2D eigenvalue weighted by Gasteiger charge is -2.22. The van der Waals surface area contributed by atoms with Crippen molar-refractivity contribution < 1.29 is 17.9 Å². The van der Waals surface area contributed by atoms with Crippen molar-refractivity contribution in [2.45, 2.75) is 24.8 Å². The van der Waals surface area contributed by atoms with Gasteiger partial charge in [0.1, 0.15) is 5.83 Å². The van der Waals surface area contributed by atoms with E-state index in [1.54, 1.807) is 12.1 Å². The highest BCUT2D eigenvalue weighted by Gasteiger charge is 2.35. The number of benzene rings is 2.